The smallest absolute Gasteiger partial charge is 0.0554 e. The van der Waals surface area contributed by atoms with Gasteiger partial charge in [-0.2, -0.15) is 0 Å². The summed E-state index contributed by atoms with van der Waals surface area (Å²) in [6.45, 7) is 2.16. The molecule has 2 rings (SSSR count). The summed E-state index contributed by atoms with van der Waals surface area (Å²) in [6, 6.07) is 18.6. The minimum absolute atomic E-state index is 0.0163. The summed E-state index contributed by atoms with van der Waals surface area (Å²) in [5, 5.41) is 0. The lowest BCUT2D eigenvalue weighted by atomic mass is 9.94. The highest BCUT2D eigenvalue weighted by atomic mass is 14.6. The van der Waals surface area contributed by atoms with Gasteiger partial charge in [-0.25, -0.2) is 0 Å². The molecule has 0 aliphatic carbocycles. The second-order valence-corrected chi connectivity index (χ2v) is 3.94. The van der Waals surface area contributed by atoms with Gasteiger partial charge in [0.25, 0.3) is 0 Å². The topological polar surface area (TPSA) is 26.0 Å². The van der Waals surface area contributed by atoms with Gasteiger partial charge in [-0.3, -0.25) is 0 Å². The van der Waals surface area contributed by atoms with Crippen molar-refractivity contribution in [2.24, 2.45) is 5.73 Å². The molecule has 2 aromatic carbocycles. The van der Waals surface area contributed by atoms with Crippen molar-refractivity contribution in [3.63, 3.8) is 0 Å². The third kappa shape index (κ3) is 2.15. The van der Waals surface area contributed by atoms with Crippen LogP contribution in [0.25, 0.3) is 0 Å². The molecule has 0 saturated heterocycles. The van der Waals surface area contributed by atoms with Crippen molar-refractivity contribution in [2.75, 3.05) is 0 Å². The van der Waals surface area contributed by atoms with Gasteiger partial charge >= 0.3 is 0 Å². The summed E-state index contributed by atoms with van der Waals surface area (Å²) in [7, 11) is 0. The Morgan fingerprint density at radius 1 is 0.938 bits per heavy atom. The molecule has 0 fully saturated rings. The molecule has 0 saturated carbocycles. The average molecular weight is 211 g/mol. The summed E-state index contributed by atoms with van der Waals surface area (Å²) < 4.78 is 0. The fourth-order valence-corrected chi connectivity index (χ4v) is 2.00. The van der Waals surface area contributed by atoms with Crippen LogP contribution in [0, 0.1) is 0 Å². The van der Waals surface area contributed by atoms with Crippen LogP contribution in [-0.2, 0) is 6.42 Å². The van der Waals surface area contributed by atoms with E-state index in [0.717, 1.165) is 6.42 Å². The lowest BCUT2D eigenvalue weighted by Gasteiger charge is -2.16. The van der Waals surface area contributed by atoms with E-state index in [1.54, 1.807) is 0 Å². The summed E-state index contributed by atoms with van der Waals surface area (Å²) in [4.78, 5) is 0. The normalized spacial score (nSPS) is 12.4. The molecule has 1 heteroatoms. The van der Waals surface area contributed by atoms with Crippen LogP contribution in [0.1, 0.15) is 29.7 Å². The van der Waals surface area contributed by atoms with Crippen LogP contribution >= 0.6 is 0 Å². The fraction of sp³-hybridized carbons (Fsp3) is 0.200. The molecule has 1 unspecified atom stereocenters. The quantitative estimate of drug-likeness (QED) is 0.828. The van der Waals surface area contributed by atoms with E-state index >= 15 is 0 Å². The maximum Gasteiger partial charge on any atom is 0.0554 e. The van der Waals surface area contributed by atoms with E-state index in [2.05, 4.69) is 43.3 Å². The summed E-state index contributed by atoms with van der Waals surface area (Å²) in [5.74, 6) is 0. The van der Waals surface area contributed by atoms with Gasteiger partial charge in [-0.15, -0.1) is 0 Å². The average Bonchev–Trinajstić information content (AvgIpc) is 2.39. The summed E-state index contributed by atoms with van der Waals surface area (Å²) in [5.41, 5.74) is 10.0. The van der Waals surface area contributed by atoms with Crippen molar-refractivity contribution in [1.82, 2.24) is 0 Å². The zero-order valence-electron chi connectivity index (χ0n) is 9.56. The van der Waals surface area contributed by atoms with Gasteiger partial charge in [-0.1, -0.05) is 61.5 Å². The largest absolute Gasteiger partial charge is 0.320 e. The highest BCUT2D eigenvalue weighted by Gasteiger charge is 2.10. The molecule has 2 N–H and O–H groups in total. The van der Waals surface area contributed by atoms with Crippen molar-refractivity contribution in [3.05, 3.63) is 71.3 Å². The maximum atomic E-state index is 6.29. The van der Waals surface area contributed by atoms with Crippen LogP contribution in [0.15, 0.2) is 54.6 Å². The Kier molecular flexibility index (Phi) is 3.37. The van der Waals surface area contributed by atoms with E-state index in [4.69, 9.17) is 5.73 Å². The number of nitrogens with two attached hydrogens (primary N) is 1. The number of hydrogen-bond donors (Lipinski definition) is 1. The van der Waals surface area contributed by atoms with Gasteiger partial charge in [0.05, 0.1) is 6.04 Å². The SMILES string of the molecule is CCc1ccccc1C(N)c1ccccc1. The third-order valence-corrected chi connectivity index (χ3v) is 2.93. The van der Waals surface area contributed by atoms with E-state index in [-0.39, 0.29) is 6.04 Å². The Hall–Kier alpha value is -1.60. The molecule has 0 aliphatic rings. The Morgan fingerprint density at radius 3 is 2.25 bits per heavy atom. The van der Waals surface area contributed by atoms with E-state index < -0.39 is 0 Å². The molecule has 0 bridgehead atoms. The molecular weight excluding hydrogens is 194 g/mol. The summed E-state index contributed by atoms with van der Waals surface area (Å²) >= 11 is 0. The van der Waals surface area contributed by atoms with Crippen molar-refractivity contribution in [2.45, 2.75) is 19.4 Å². The zero-order chi connectivity index (χ0) is 11.4. The number of aryl methyl sites for hydroxylation is 1. The Balaban J connectivity index is 2.37. The number of hydrogen-bond acceptors (Lipinski definition) is 1. The first-order valence-electron chi connectivity index (χ1n) is 5.71. The first-order valence-corrected chi connectivity index (χ1v) is 5.71. The first kappa shape index (κ1) is 10.9. The van der Waals surface area contributed by atoms with Crippen LogP contribution in [0.4, 0.5) is 0 Å². The van der Waals surface area contributed by atoms with Crippen LogP contribution in [0.3, 0.4) is 0 Å². The Labute approximate surface area is 96.9 Å². The lowest BCUT2D eigenvalue weighted by Crippen LogP contribution is -2.13. The number of benzene rings is 2. The van der Waals surface area contributed by atoms with E-state index in [0.29, 0.717) is 0 Å². The van der Waals surface area contributed by atoms with Gasteiger partial charge in [0.1, 0.15) is 0 Å². The first-order chi connectivity index (χ1) is 7.83. The van der Waals surface area contributed by atoms with Crippen LogP contribution < -0.4 is 5.73 Å². The van der Waals surface area contributed by atoms with Gasteiger partial charge in [0, 0.05) is 0 Å². The van der Waals surface area contributed by atoms with Crippen molar-refractivity contribution >= 4 is 0 Å². The second kappa shape index (κ2) is 4.95. The molecule has 0 radical (unpaired) electrons. The molecule has 0 amide bonds. The highest BCUT2D eigenvalue weighted by molar-refractivity contribution is 5.36. The molecule has 82 valence electrons. The predicted octanol–water partition coefficient (Wildman–Crippen LogP) is 3.30. The lowest BCUT2D eigenvalue weighted by molar-refractivity contribution is 0.849. The van der Waals surface area contributed by atoms with Crippen molar-refractivity contribution in [3.8, 4) is 0 Å². The fourth-order valence-electron chi connectivity index (χ4n) is 2.00. The van der Waals surface area contributed by atoms with Crippen molar-refractivity contribution in [1.29, 1.82) is 0 Å². The zero-order valence-corrected chi connectivity index (χ0v) is 9.56. The van der Waals surface area contributed by atoms with Crippen LogP contribution in [-0.4, -0.2) is 0 Å². The van der Waals surface area contributed by atoms with Crippen molar-refractivity contribution < 1.29 is 0 Å². The molecule has 0 aliphatic heterocycles. The monoisotopic (exact) mass is 211 g/mol. The standard InChI is InChI=1S/C15H17N/c1-2-12-8-6-7-11-14(12)15(16)13-9-4-3-5-10-13/h3-11,15H,2,16H2,1H3. The van der Waals surface area contributed by atoms with Crippen LogP contribution in [0.2, 0.25) is 0 Å². The highest BCUT2D eigenvalue weighted by Crippen LogP contribution is 2.22. The van der Waals surface area contributed by atoms with Gasteiger partial charge < -0.3 is 5.73 Å². The van der Waals surface area contributed by atoms with E-state index in [9.17, 15) is 0 Å². The third-order valence-electron chi connectivity index (χ3n) is 2.93. The summed E-state index contributed by atoms with van der Waals surface area (Å²) in [6.07, 6.45) is 1.02. The molecule has 1 atom stereocenters. The van der Waals surface area contributed by atoms with Gasteiger partial charge in [0.2, 0.25) is 0 Å². The van der Waals surface area contributed by atoms with Gasteiger partial charge in [-0.05, 0) is 23.1 Å². The van der Waals surface area contributed by atoms with E-state index in [1.165, 1.54) is 16.7 Å². The predicted molar refractivity (Wildman–Crippen MR) is 68.3 cm³/mol. The number of rotatable bonds is 3. The minimum Gasteiger partial charge on any atom is -0.320 e. The minimum atomic E-state index is -0.0163. The molecule has 16 heavy (non-hydrogen) atoms. The van der Waals surface area contributed by atoms with E-state index in [1.807, 2.05) is 18.2 Å². The Bertz CT molecular complexity index is 448. The molecule has 0 aromatic heterocycles. The second-order valence-electron chi connectivity index (χ2n) is 3.94. The van der Waals surface area contributed by atoms with Gasteiger partial charge in [0.15, 0.2) is 0 Å². The Morgan fingerprint density at radius 2 is 1.56 bits per heavy atom. The molecule has 1 nitrogen and oxygen atoms in total. The molecule has 2 aromatic rings. The van der Waals surface area contributed by atoms with Crippen LogP contribution in [0.5, 0.6) is 0 Å². The molecular formula is C15H17N. The maximum absolute atomic E-state index is 6.29. The molecule has 0 spiro atoms. The molecule has 0 heterocycles.